The summed E-state index contributed by atoms with van der Waals surface area (Å²) < 4.78 is 13.9. The van der Waals surface area contributed by atoms with Gasteiger partial charge in [0.1, 0.15) is 5.82 Å². The van der Waals surface area contributed by atoms with E-state index < -0.39 is 0 Å². The minimum atomic E-state index is -0.0946. The Kier molecular flexibility index (Phi) is 4.94. The number of hydrogen-bond acceptors (Lipinski definition) is 2. The zero-order valence-corrected chi connectivity index (χ0v) is 12.2. The fourth-order valence-electron chi connectivity index (χ4n) is 2.91. The van der Waals surface area contributed by atoms with Gasteiger partial charge in [0.25, 0.3) is 0 Å². The van der Waals surface area contributed by atoms with E-state index in [2.05, 4.69) is 31.1 Å². The molecule has 1 heterocycles. The lowest BCUT2D eigenvalue weighted by molar-refractivity contribution is 0.161. The van der Waals surface area contributed by atoms with Crippen molar-refractivity contribution in [2.24, 2.45) is 0 Å². The van der Waals surface area contributed by atoms with Gasteiger partial charge in [0.15, 0.2) is 0 Å². The normalized spacial score (nSPS) is 26.3. The first-order valence-corrected chi connectivity index (χ1v) is 7.32. The maximum atomic E-state index is 13.9. The minimum Gasteiger partial charge on any atom is -0.307 e. The highest BCUT2D eigenvalue weighted by Crippen LogP contribution is 2.23. The molecule has 19 heavy (non-hydrogen) atoms. The number of benzene rings is 1. The molecule has 0 spiro atoms. The molecular formula is C16H25FN2. The summed E-state index contributed by atoms with van der Waals surface area (Å²) in [6.07, 6.45) is 3.20. The van der Waals surface area contributed by atoms with E-state index in [1.54, 1.807) is 12.1 Å². The number of hydrogen-bond donors (Lipinski definition) is 1. The number of likely N-dealkylation sites (tertiary alicyclic amines) is 1. The summed E-state index contributed by atoms with van der Waals surface area (Å²) in [5.41, 5.74) is 0.802. The molecule has 3 atom stereocenters. The second kappa shape index (κ2) is 6.49. The molecule has 0 bridgehead atoms. The highest BCUT2D eigenvalue weighted by atomic mass is 19.1. The van der Waals surface area contributed by atoms with Crippen LogP contribution in [0.4, 0.5) is 4.39 Å². The minimum absolute atomic E-state index is 0.0946. The molecule has 1 N–H and O–H groups in total. The van der Waals surface area contributed by atoms with E-state index in [-0.39, 0.29) is 11.9 Å². The zero-order valence-electron chi connectivity index (χ0n) is 12.2. The molecule has 2 rings (SSSR count). The summed E-state index contributed by atoms with van der Waals surface area (Å²) in [4.78, 5) is 2.39. The Hall–Kier alpha value is -0.930. The molecule has 1 fully saturated rings. The highest BCUT2D eigenvalue weighted by Gasteiger charge is 2.25. The number of rotatable bonds is 4. The second-order valence-electron chi connectivity index (χ2n) is 5.70. The average molecular weight is 264 g/mol. The molecule has 0 radical (unpaired) electrons. The largest absolute Gasteiger partial charge is 0.307 e. The SMILES string of the molecule is CCC(NC1CCN(C)C(C)C1)c1ccccc1F. The quantitative estimate of drug-likeness (QED) is 0.897. The van der Waals surface area contributed by atoms with Crippen molar-refractivity contribution in [2.75, 3.05) is 13.6 Å². The van der Waals surface area contributed by atoms with Crippen LogP contribution in [0.15, 0.2) is 24.3 Å². The summed E-state index contributed by atoms with van der Waals surface area (Å²) in [5.74, 6) is -0.0946. The molecule has 3 unspecified atom stereocenters. The number of nitrogens with one attached hydrogen (secondary N) is 1. The van der Waals surface area contributed by atoms with Crippen LogP contribution in [0.3, 0.4) is 0 Å². The molecule has 1 aromatic rings. The number of halogens is 1. The first kappa shape index (κ1) is 14.5. The van der Waals surface area contributed by atoms with E-state index in [0.29, 0.717) is 12.1 Å². The topological polar surface area (TPSA) is 15.3 Å². The molecule has 1 aromatic carbocycles. The van der Waals surface area contributed by atoms with Crippen molar-refractivity contribution in [3.8, 4) is 0 Å². The molecule has 3 heteroatoms. The Morgan fingerprint density at radius 3 is 2.79 bits per heavy atom. The molecule has 0 aromatic heterocycles. The van der Waals surface area contributed by atoms with Gasteiger partial charge < -0.3 is 10.2 Å². The van der Waals surface area contributed by atoms with E-state index in [0.717, 1.165) is 31.4 Å². The number of piperidine rings is 1. The Labute approximate surface area is 116 Å². The van der Waals surface area contributed by atoms with E-state index >= 15 is 0 Å². The van der Waals surface area contributed by atoms with Gasteiger partial charge >= 0.3 is 0 Å². The molecule has 1 aliphatic rings. The van der Waals surface area contributed by atoms with Gasteiger partial charge in [0, 0.05) is 23.7 Å². The van der Waals surface area contributed by atoms with Crippen LogP contribution < -0.4 is 5.32 Å². The van der Waals surface area contributed by atoms with E-state index in [1.807, 2.05) is 12.1 Å². The first-order valence-electron chi connectivity index (χ1n) is 7.32. The molecule has 1 saturated heterocycles. The molecule has 1 aliphatic heterocycles. The lowest BCUT2D eigenvalue weighted by Gasteiger charge is -2.37. The van der Waals surface area contributed by atoms with E-state index in [4.69, 9.17) is 0 Å². The average Bonchev–Trinajstić information content (AvgIpc) is 2.41. The summed E-state index contributed by atoms with van der Waals surface area (Å²) in [6, 6.07) is 8.34. The van der Waals surface area contributed by atoms with Gasteiger partial charge in [-0.2, -0.15) is 0 Å². The van der Waals surface area contributed by atoms with Crippen molar-refractivity contribution in [1.82, 2.24) is 10.2 Å². The molecular weight excluding hydrogens is 239 g/mol. The standard InChI is InChI=1S/C16H25FN2/c1-4-16(14-7-5-6-8-15(14)17)18-13-9-10-19(3)12(2)11-13/h5-8,12-13,16,18H,4,9-11H2,1-3H3. The van der Waals surface area contributed by atoms with Crippen LogP contribution >= 0.6 is 0 Å². The van der Waals surface area contributed by atoms with Crippen LogP contribution in [0.1, 0.15) is 44.7 Å². The Balaban J connectivity index is 2.02. The molecule has 0 aliphatic carbocycles. The summed E-state index contributed by atoms with van der Waals surface area (Å²) in [6.45, 7) is 5.49. The Morgan fingerprint density at radius 2 is 2.16 bits per heavy atom. The van der Waals surface area contributed by atoms with E-state index in [1.165, 1.54) is 0 Å². The lowest BCUT2D eigenvalue weighted by atomic mass is 9.95. The van der Waals surface area contributed by atoms with Crippen molar-refractivity contribution in [3.05, 3.63) is 35.6 Å². The molecule has 106 valence electrons. The maximum absolute atomic E-state index is 13.9. The van der Waals surface area contributed by atoms with Crippen LogP contribution in [-0.2, 0) is 0 Å². The van der Waals surface area contributed by atoms with Gasteiger partial charge in [-0.05, 0) is 45.8 Å². The number of nitrogens with zero attached hydrogens (tertiary/aromatic N) is 1. The third-order valence-corrected chi connectivity index (χ3v) is 4.33. The fraction of sp³-hybridized carbons (Fsp3) is 0.625. The van der Waals surface area contributed by atoms with Gasteiger partial charge in [-0.3, -0.25) is 0 Å². The van der Waals surface area contributed by atoms with E-state index in [9.17, 15) is 4.39 Å². The molecule has 0 amide bonds. The predicted octanol–water partition coefficient (Wildman–Crippen LogP) is 3.35. The van der Waals surface area contributed by atoms with Gasteiger partial charge in [-0.15, -0.1) is 0 Å². The van der Waals surface area contributed by atoms with Crippen LogP contribution in [0, 0.1) is 5.82 Å². The van der Waals surface area contributed by atoms with Gasteiger partial charge in [0.05, 0.1) is 0 Å². The highest BCUT2D eigenvalue weighted by molar-refractivity contribution is 5.21. The maximum Gasteiger partial charge on any atom is 0.127 e. The summed E-state index contributed by atoms with van der Waals surface area (Å²) in [5, 5.41) is 3.65. The predicted molar refractivity (Wildman–Crippen MR) is 77.7 cm³/mol. The van der Waals surface area contributed by atoms with Crippen molar-refractivity contribution >= 4 is 0 Å². The van der Waals surface area contributed by atoms with Crippen LogP contribution in [0.2, 0.25) is 0 Å². The lowest BCUT2D eigenvalue weighted by Crippen LogP contribution is -2.46. The second-order valence-corrected chi connectivity index (χ2v) is 5.70. The fourth-order valence-corrected chi connectivity index (χ4v) is 2.91. The van der Waals surface area contributed by atoms with Gasteiger partial charge in [-0.1, -0.05) is 25.1 Å². The smallest absolute Gasteiger partial charge is 0.127 e. The first-order chi connectivity index (χ1) is 9.11. The summed E-state index contributed by atoms with van der Waals surface area (Å²) >= 11 is 0. The van der Waals surface area contributed by atoms with Crippen molar-refractivity contribution in [1.29, 1.82) is 0 Å². The third-order valence-electron chi connectivity index (χ3n) is 4.33. The molecule has 0 saturated carbocycles. The van der Waals surface area contributed by atoms with Crippen molar-refractivity contribution in [3.63, 3.8) is 0 Å². The Morgan fingerprint density at radius 1 is 1.42 bits per heavy atom. The van der Waals surface area contributed by atoms with Crippen molar-refractivity contribution in [2.45, 2.75) is 51.2 Å². The van der Waals surface area contributed by atoms with Crippen LogP contribution in [0.25, 0.3) is 0 Å². The van der Waals surface area contributed by atoms with Crippen molar-refractivity contribution < 1.29 is 4.39 Å². The van der Waals surface area contributed by atoms with Crippen LogP contribution in [0.5, 0.6) is 0 Å². The monoisotopic (exact) mass is 264 g/mol. The summed E-state index contributed by atoms with van der Waals surface area (Å²) in [7, 11) is 2.18. The van der Waals surface area contributed by atoms with Crippen LogP contribution in [-0.4, -0.2) is 30.6 Å². The Bertz CT molecular complexity index is 407. The molecule has 2 nitrogen and oxygen atoms in total. The zero-order chi connectivity index (χ0) is 13.8. The third kappa shape index (κ3) is 3.54. The van der Waals surface area contributed by atoms with Gasteiger partial charge in [-0.25, -0.2) is 4.39 Å². The van der Waals surface area contributed by atoms with Gasteiger partial charge in [0.2, 0.25) is 0 Å².